The topological polar surface area (TPSA) is 174 Å². The number of aromatic nitrogens is 7. The molecule has 6 rings (SSSR count). The normalized spacial score (nSPS) is 14.8. The number of H-pyrrole nitrogens is 1. The number of ether oxygens (including phenoxy) is 2. The number of methoxy groups -OCH3 is 1. The second kappa shape index (κ2) is 14.1. The first-order valence-corrected chi connectivity index (χ1v) is 16.4. The van der Waals surface area contributed by atoms with Gasteiger partial charge in [0.2, 0.25) is 0 Å². The Hall–Kier alpha value is -5.57. The van der Waals surface area contributed by atoms with E-state index in [2.05, 4.69) is 25.6 Å². The molecule has 5 aromatic rings. The largest absolute Gasteiger partial charge is 0.467 e. The maximum Gasteiger partial charge on any atom is 0.410 e. The first-order valence-electron chi connectivity index (χ1n) is 16.4. The molecule has 2 aromatic carbocycles. The Morgan fingerprint density at radius 3 is 2.18 bits per heavy atom. The molecule has 0 unspecified atom stereocenters. The molecule has 1 aliphatic rings. The molecule has 1 fully saturated rings. The molecule has 2 amide bonds. The molecule has 3 aromatic heterocycles. The molecule has 0 bridgehead atoms. The van der Waals surface area contributed by atoms with Gasteiger partial charge in [0.15, 0.2) is 6.04 Å². The molecule has 4 heterocycles. The van der Waals surface area contributed by atoms with E-state index in [9.17, 15) is 19.5 Å². The average Bonchev–Trinajstić information content (AvgIpc) is 3.89. The lowest BCUT2D eigenvalue weighted by atomic mass is 10.0. The minimum atomic E-state index is -0.800. The molecule has 262 valence electrons. The number of hydrogen-bond acceptors (Lipinski definition) is 10. The lowest BCUT2D eigenvalue weighted by molar-refractivity contribution is -0.144. The zero-order chi connectivity index (χ0) is 35.6. The van der Waals surface area contributed by atoms with Gasteiger partial charge in [-0.05, 0) is 57.5 Å². The van der Waals surface area contributed by atoms with Crippen molar-refractivity contribution in [1.29, 1.82) is 0 Å². The first kappa shape index (κ1) is 34.3. The van der Waals surface area contributed by atoms with E-state index < -0.39 is 23.7 Å². The van der Waals surface area contributed by atoms with E-state index in [0.29, 0.717) is 60.7 Å². The standard InChI is InChI=1S/C35H41N9O6/c1-22(21-45)43-19-29(37-39-43)23-14-24(16-25(15-23)32(46)41-10-12-42(13-11-41)34(48)50-35(2,3)4)30-20-44(40-38-30)31(33(47)49-5)17-26-18-36-28-9-7-6-8-27(26)28/h6-9,14-16,18-20,22,31,36,45H,10-13,17,21H2,1-5H3/t22-,31+/m1/s1. The summed E-state index contributed by atoms with van der Waals surface area (Å²) in [6.45, 7) is 8.46. The van der Waals surface area contributed by atoms with Crippen LogP contribution in [0, 0.1) is 0 Å². The van der Waals surface area contributed by atoms with Gasteiger partial charge in [0.05, 0.1) is 32.2 Å². The van der Waals surface area contributed by atoms with Crippen molar-refractivity contribution in [3.05, 3.63) is 72.2 Å². The number of esters is 1. The quantitative estimate of drug-likeness (QED) is 0.217. The van der Waals surface area contributed by atoms with E-state index in [1.54, 1.807) is 39.0 Å². The van der Waals surface area contributed by atoms with Crippen molar-refractivity contribution >= 4 is 28.9 Å². The summed E-state index contributed by atoms with van der Waals surface area (Å²) >= 11 is 0. The van der Waals surface area contributed by atoms with E-state index in [0.717, 1.165) is 16.5 Å². The average molecular weight is 684 g/mol. The van der Waals surface area contributed by atoms with Crippen LogP contribution in [0.1, 0.15) is 55.7 Å². The number of piperazine rings is 1. The van der Waals surface area contributed by atoms with Crippen LogP contribution in [0.2, 0.25) is 0 Å². The second-order valence-electron chi connectivity index (χ2n) is 13.4. The number of aromatic amines is 1. The van der Waals surface area contributed by atoms with Gasteiger partial charge >= 0.3 is 12.1 Å². The molecule has 1 aliphatic heterocycles. The van der Waals surface area contributed by atoms with Crippen molar-refractivity contribution in [2.24, 2.45) is 0 Å². The van der Waals surface area contributed by atoms with Gasteiger partial charge in [0.1, 0.15) is 17.0 Å². The Labute approximate surface area is 288 Å². The monoisotopic (exact) mass is 683 g/mol. The fourth-order valence-corrected chi connectivity index (χ4v) is 5.85. The van der Waals surface area contributed by atoms with Crippen LogP contribution < -0.4 is 0 Å². The third-order valence-electron chi connectivity index (χ3n) is 8.61. The molecule has 15 nitrogen and oxygen atoms in total. The number of nitrogens with zero attached hydrogens (tertiary/aromatic N) is 8. The molecule has 0 spiro atoms. The van der Waals surface area contributed by atoms with Crippen LogP contribution in [-0.2, 0) is 20.7 Å². The van der Waals surface area contributed by atoms with Gasteiger partial charge in [-0.15, -0.1) is 10.2 Å². The molecule has 0 aliphatic carbocycles. The zero-order valence-electron chi connectivity index (χ0n) is 28.7. The molecule has 1 saturated heterocycles. The smallest absolute Gasteiger partial charge is 0.410 e. The predicted octanol–water partition coefficient (Wildman–Crippen LogP) is 3.89. The van der Waals surface area contributed by atoms with Crippen LogP contribution in [0.4, 0.5) is 4.79 Å². The fourth-order valence-electron chi connectivity index (χ4n) is 5.85. The summed E-state index contributed by atoms with van der Waals surface area (Å²) in [7, 11) is 1.34. The zero-order valence-corrected chi connectivity index (χ0v) is 28.7. The highest BCUT2D eigenvalue weighted by molar-refractivity contribution is 5.97. The first-order chi connectivity index (χ1) is 23.9. The van der Waals surface area contributed by atoms with Crippen LogP contribution in [0.5, 0.6) is 0 Å². The minimum Gasteiger partial charge on any atom is -0.467 e. The fraction of sp³-hybridized carbons (Fsp3) is 0.400. The van der Waals surface area contributed by atoms with Gasteiger partial charge in [-0.3, -0.25) is 4.79 Å². The number of fused-ring (bicyclic) bond motifs is 1. The van der Waals surface area contributed by atoms with Crippen molar-refractivity contribution < 1.29 is 29.0 Å². The molecule has 2 N–H and O–H groups in total. The highest BCUT2D eigenvalue weighted by Crippen LogP contribution is 2.29. The number of rotatable bonds is 9. The maximum absolute atomic E-state index is 14.0. The van der Waals surface area contributed by atoms with Crippen LogP contribution >= 0.6 is 0 Å². The number of aliphatic hydroxyl groups excluding tert-OH is 1. The number of hydrogen-bond donors (Lipinski definition) is 2. The van der Waals surface area contributed by atoms with E-state index in [1.807, 2.05) is 64.2 Å². The summed E-state index contributed by atoms with van der Waals surface area (Å²) in [5, 5.41) is 27.9. The van der Waals surface area contributed by atoms with Crippen LogP contribution in [0.15, 0.2) is 61.1 Å². The van der Waals surface area contributed by atoms with E-state index in [4.69, 9.17) is 9.47 Å². The van der Waals surface area contributed by atoms with Gasteiger partial charge in [0.25, 0.3) is 5.91 Å². The number of amides is 2. The summed E-state index contributed by atoms with van der Waals surface area (Å²) in [6, 6.07) is 12.0. The summed E-state index contributed by atoms with van der Waals surface area (Å²) in [4.78, 5) is 46.2. The van der Waals surface area contributed by atoms with Crippen molar-refractivity contribution in [2.45, 2.75) is 51.8 Å². The Balaban J connectivity index is 1.31. The number of carbonyl (C=O) groups excluding carboxylic acids is 3. The Morgan fingerprint density at radius 2 is 1.54 bits per heavy atom. The summed E-state index contributed by atoms with van der Waals surface area (Å²) < 4.78 is 13.7. The minimum absolute atomic E-state index is 0.120. The molecular weight excluding hydrogens is 642 g/mol. The lowest BCUT2D eigenvalue weighted by Crippen LogP contribution is -2.51. The number of aliphatic hydroxyl groups is 1. The van der Waals surface area contributed by atoms with E-state index in [-0.39, 0.29) is 18.6 Å². The van der Waals surface area contributed by atoms with Crippen LogP contribution in [0.3, 0.4) is 0 Å². The number of carbonyl (C=O) groups is 3. The highest BCUT2D eigenvalue weighted by atomic mass is 16.6. The summed E-state index contributed by atoms with van der Waals surface area (Å²) in [5.41, 5.74) is 3.75. The summed E-state index contributed by atoms with van der Waals surface area (Å²) in [6.07, 6.45) is 5.14. The molecule has 2 atom stereocenters. The van der Waals surface area contributed by atoms with Crippen molar-refractivity contribution in [3.8, 4) is 22.5 Å². The SMILES string of the molecule is COC(=O)[C@H](Cc1c[nH]c2ccccc12)n1cc(-c2cc(C(=O)N3CCN(C(=O)OC(C)(C)C)CC3)cc(-c3cn([C@H](C)CO)nn3)c2)nn1. The number of para-hydroxylation sites is 1. The number of nitrogens with one attached hydrogen (secondary N) is 1. The third kappa shape index (κ3) is 7.37. The van der Waals surface area contributed by atoms with E-state index >= 15 is 0 Å². The van der Waals surface area contributed by atoms with E-state index in [1.165, 1.54) is 11.8 Å². The Kier molecular flexibility index (Phi) is 9.68. The van der Waals surface area contributed by atoms with Gasteiger partial charge < -0.3 is 29.4 Å². The van der Waals surface area contributed by atoms with Gasteiger partial charge in [-0.1, -0.05) is 28.6 Å². The number of benzene rings is 2. The Morgan fingerprint density at radius 1 is 0.920 bits per heavy atom. The van der Waals surface area contributed by atoms with Gasteiger partial charge in [0, 0.05) is 66.4 Å². The van der Waals surface area contributed by atoms with Crippen LogP contribution in [0.25, 0.3) is 33.4 Å². The molecule has 15 heteroatoms. The van der Waals surface area contributed by atoms with Crippen molar-refractivity contribution in [2.75, 3.05) is 39.9 Å². The van der Waals surface area contributed by atoms with Crippen molar-refractivity contribution in [1.82, 2.24) is 44.8 Å². The molecular formula is C35H41N9O6. The molecule has 0 radical (unpaired) electrons. The van der Waals surface area contributed by atoms with Gasteiger partial charge in [-0.2, -0.15) is 0 Å². The second-order valence-corrected chi connectivity index (χ2v) is 13.4. The van der Waals surface area contributed by atoms with Gasteiger partial charge in [-0.25, -0.2) is 19.0 Å². The highest BCUT2D eigenvalue weighted by Gasteiger charge is 2.29. The van der Waals surface area contributed by atoms with Crippen molar-refractivity contribution in [3.63, 3.8) is 0 Å². The molecule has 0 saturated carbocycles. The Bertz CT molecular complexity index is 2000. The predicted molar refractivity (Wildman–Crippen MR) is 183 cm³/mol. The van der Waals surface area contributed by atoms with Crippen LogP contribution in [-0.4, -0.2) is 113 Å². The summed E-state index contributed by atoms with van der Waals surface area (Å²) in [5.74, 6) is -0.705. The third-order valence-corrected chi connectivity index (χ3v) is 8.61. The molecule has 50 heavy (non-hydrogen) atoms. The lowest BCUT2D eigenvalue weighted by Gasteiger charge is -2.35. The maximum atomic E-state index is 14.0.